The topological polar surface area (TPSA) is 67.6 Å². The summed E-state index contributed by atoms with van der Waals surface area (Å²) in [6.45, 7) is 3.72. The largest absolute Gasteiger partial charge is 0.573 e. The van der Waals surface area contributed by atoms with Crippen LogP contribution in [0.15, 0.2) is 28.7 Å². The number of aromatic nitrogens is 4. The minimum atomic E-state index is -4.83. The van der Waals surface area contributed by atoms with Gasteiger partial charge in [0.25, 0.3) is 0 Å². The molecule has 0 radical (unpaired) electrons. The number of ether oxygens (including phenoxy) is 1. The Kier molecular flexibility index (Phi) is 5.58. The fraction of sp³-hybridized carbons (Fsp3) is 0.421. The number of hydrogen-bond acceptors (Lipinski definition) is 6. The highest BCUT2D eigenvalue weighted by Crippen LogP contribution is 2.37. The Morgan fingerprint density at radius 2 is 2.03 bits per heavy atom. The first-order valence-electron chi connectivity index (χ1n) is 9.43. The van der Waals surface area contributed by atoms with Crippen molar-refractivity contribution in [3.8, 4) is 17.0 Å². The molecular formula is C19H20BrF3N6O. The SMILES string of the molecule is Cc1cc2c(-c3ccc(Br)cc3OC(F)(F)F)nnc(N[C@@H]3CCCN(C)C3)n2n1. The summed E-state index contributed by atoms with van der Waals surface area (Å²) < 4.78 is 45.1. The highest BCUT2D eigenvalue weighted by molar-refractivity contribution is 9.10. The van der Waals surface area contributed by atoms with Gasteiger partial charge in [-0.1, -0.05) is 15.9 Å². The molecule has 0 saturated carbocycles. The minimum Gasteiger partial charge on any atom is -0.405 e. The zero-order chi connectivity index (χ0) is 21.5. The lowest BCUT2D eigenvalue weighted by atomic mass is 10.1. The number of rotatable bonds is 4. The maximum absolute atomic E-state index is 12.9. The Balaban J connectivity index is 1.77. The molecule has 160 valence electrons. The average Bonchev–Trinajstić information content (AvgIpc) is 3.03. The molecule has 30 heavy (non-hydrogen) atoms. The van der Waals surface area contributed by atoms with Crippen LogP contribution in [0.1, 0.15) is 18.5 Å². The van der Waals surface area contributed by atoms with E-state index < -0.39 is 6.36 Å². The molecule has 0 unspecified atom stereocenters. The predicted molar refractivity (Wildman–Crippen MR) is 109 cm³/mol. The molecule has 0 amide bonds. The highest BCUT2D eigenvalue weighted by atomic mass is 79.9. The van der Waals surface area contributed by atoms with Crippen LogP contribution in [0.5, 0.6) is 5.75 Å². The molecule has 4 rings (SSSR count). The van der Waals surface area contributed by atoms with Crippen LogP contribution in [0, 0.1) is 6.92 Å². The second-order valence-corrected chi connectivity index (χ2v) is 8.30. The summed E-state index contributed by atoms with van der Waals surface area (Å²) >= 11 is 3.19. The Labute approximate surface area is 179 Å². The smallest absolute Gasteiger partial charge is 0.405 e. The normalized spacial score (nSPS) is 18.0. The van der Waals surface area contributed by atoms with Crippen LogP contribution in [0.3, 0.4) is 0 Å². The van der Waals surface area contributed by atoms with E-state index in [0.717, 1.165) is 25.9 Å². The monoisotopic (exact) mass is 484 g/mol. The van der Waals surface area contributed by atoms with Crippen LogP contribution in [0.4, 0.5) is 19.1 Å². The lowest BCUT2D eigenvalue weighted by molar-refractivity contribution is -0.274. The van der Waals surface area contributed by atoms with Crippen LogP contribution < -0.4 is 10.1 Å². The van der Waals surface area contributed by atoms with Crippen molar-refractivity contribution in [1.82, 2.24) is 24.7 Å². The number of aryl methyl sites for hydroxylation is 1. The zero-order valence-electron chi connectivity index (χ0n) is 16.4. The van der Waals surface area contributed by atoms with Gasteiger partial charge in [0.2, 0.25) is 5.95 Å². The molecule has 0 aliphatic carbocycles. The third kappa shape index (κ3) is 4.51. The second kappa shape index (κ2) is 8.03. The van der Waals surface area contributed by atoms with Gasteiger partial charge in [0.1, 0.15) is 11.4 Å². The van der Waals surface area contributed by atoms with E-state index in [1.54, 1.807) is 16.6 Å². The first-order valence-corrected chi connectivity index (χ1v) is 10.2. The third-order valence-electron chi connectivity index (χ3n) is 4.90. The van der Waals surface area contributed by atoms with Crippen molar-refractivity contribution in [2.75, 3.05) is 25.5 Å². The maximum atomic E-state index is 12.9. The van der Waals surface area contributed by atoms with Crippen molar-refractivity contribution in [2.45, 2.75) is 32.2 Å². The van der Waals surface area contributed by atoms with Crippen LogP contribution in [0.2, 0.25) is 0 Å². The van der Waals surface area contributed by atoms with E-state index in [4.69, 9.17) is 0 Å². The summed E-state index contributed by atoms with van der Waals surface area (Å²) in [6, 6.07) is 6.36. The average molecular weight is 485 g/mol. The molecule has 1 N–H and O–H groups in total. The molecule has 2 aromatic heterocycles. The molecule has 0 bridgehead atoms. The molecule has 1 saturated heterocycles. The lowest BCUT2D eigenvalue weighted by Gasteiger charge is -2.30. The molecule has 0 spiro atoms. The van der Waals surface area contributed by atoms with Gasteiger partial charge in [-0.15, -0.1) is 23.4 Å². The standard InChI is InChI=1S/C19H20BrF3N6O/c1-11-8-15-17(14-6-5-12(20)9-16(14)30-19(21,22)23)25-26-18(29(15)27-11)24-13-4-3-7-28(2)10-13/h5-6,8-9,13H,3-4,7,10H2,1-2H3,(H,24,26)/t13-/m1/s1. The number of likely N-dealkylation sites (N-methyl/N-ethyl adjacent to an activating group) is 1. The fourth-order valence-electron chi connectivity index (χ4n) is 3.67. The number of likely N-dealkylation sites (tertiary alicyclic amines) is 1. The van der Waals surface area contributed by atoms with Gasteiger partial charge in [-0.25, -0.2) is 0 Å². The van der Waals surface area contributed by atoms with Gasteiger partial charge in [0.15, 0.2) is 0 Å². The van der Waals surface area contributed by atoms with Crippen LogP contribution in [0.25, 0.3) is 16.8 Å². The van der Waals surface area contributed by atoms with E-state index in [-0.39, 0.29) is 23.0 Å². The Hall–Kier alpha value is -2.40. The number of benzene rings is 1. The molecule has 1 aromatic carbocycles. The van der Waals surface area contributed by atoms with Gasteiger partial charge in [-0.3, -0.25) is 0 Å². The number of alkyl halides is 3. The third-order valence-corrected chi connectivity index (χ3v) is 5.39. The summed E-state index contributed by atoms with van der Waals surface area (Å²) in [4.78, 5) is 2.23. The van der Waals surface area contributed by atoms with E-state index in [9.17, 15) is 13.2 Å². The summed E-state index contributed by atoms with van der Waals surface area (Å²) in [5.74, 6) is 0.0964. The molecule has 3 heterocycles. The van der Waals surface area contributed by atoms with Crippen molar-refractivity contribution in [3.63, 3.8) is 0 Å². The van der Waals surface area contributed by atoms with E-state index in [1.165, 1.54) is 12.1 Å². The Morgan fingerprint density at radius 1 is 1.23 bits per heavy atom. The molecule has 1 fully saturated rings. The summed E-state index contributed by atoms with van der Waals surface area (Å²) in [5, 5.41) is 16.3. The number of halogens is 4. The maximum Gasteiger partial charge on any atom is 0.573 e. The van der Waals surface area contributed by atoms with E-state index in [2.05, 4.69) is 53.2 Å². The molecule has 1 aliphatic rings. The molecule has 1 atom stereocenters. The number of fused-ring (bicyclic) bond motifs is 1. The first-order chi connectivity index (χ1) is 14.2. The molecule has 11 heteroatoms. The van der Waals surface area contributed by atoms with E-state index in [1.807, 2.05) is 6.92 Å². The van der Waals surface area contributed by atoms with Crippen molar-refractivity contribution >= 4 is 27.4 Å². The van der Waals surface area contributed by atoms with E-state index in [0.29, 0.717) is 21.6 Å². The second-order valence-electron chi connectivity index (χ2n) is 7.39. The van der Waals surface area contributed by atoms with Crippen LogP contribution in [-0.2, 0) is 0 Å². The lowest BCUT2D eigenvalue weighted by Crippen LogP contribution is -2.40. The number of nitrogens with one attached hydrogen (secondary N) is 1. The number of anilines is 1. The van der Waals surface area contributed by atoms with Gasteiger partial charge >= 0.3 is 6.36 Å². The van der Waals surface area contributed by atoms with Gasteiger partial charge in [-0.05, 0) is 57.6 Å². The summed E-state index contributed by atoms with van der Waals surface area (Å²) in [7, 11) is 2.06. The Morgan fingerprint density at radius 3 is 2.77 bits per heavy atom. The molecule has 1 aliphatic heterocycles. The summed E-state index contributed by atoms with van der Waals surface area (Å²) in [6.07, 6.45) is -2.77. The van der Waals surface area contributed by atoms with Gasteiger partial charge in [0.05, 0.1) is 11.2 Å². The van der Waals surface area contributed by atoms with Gasteiger partial charge in [-0.2, -0.15) is 9.61 Å². The van der Waals surface area contributed by atoms with Crippen molar-refractivity contribution in [2.24, 2.45) is 0 Å². The fourth-order valence-corrected chi connectivity index (χ4v) is 4.01. The highest BCUT2D eigenvalue weighted by Gasteiger charge is 2.33. The Bertz CT molecular complexity index is 1070. The quantitative estimate of drug-likeness (QED) is 0.596. The first kappa shape index (κ1) is 20.9. The molecule has 7 nitrogen and oxygen atoms in total. The molecule has 3 aromatic rings. The number of hydrogen-bond donors (Lipinski definition) is 1. The van der Waals surface area contributed by atoms with Crippen molar-refractivity contribution in [3.05, 3.63) is 34.4 Å². The number of nitrogens with zero attached hydrogens (tertiary/aromatic N) is 5. The predicted octanol–water partition coefficient (Wildman–Crippen LogP) is 4.27. The van der Waals surface area contributed by atoms with Crippen molar-refractivity contribution in [1.29, 1.82) is 0 Å². The number of piperidine rings is 1. The minimum absolute atomic E-state index is 0.178. The van der Waals surface area contributed by atoms with Crippen molar-refractivity contribution < 1.29 is 17.9 Å². The van der Waals surface area contributed by atoms with Crippen LogP contribution >= 0.6 is 15.9 Å². The summed E-state index contributed by atoms with van der Waals surface area (Å²) in [5.41, 5.74) is 1.68. The van der Waals surface area contributed by atoms with Gasteiger partial charge in [0, 0.05) is 22.6 Å². The van der Waals surface area contributed by atoms with E-state index >= 15 is 0 Å². The zero-order valence-corrected chi connectivity index (χ0v) is 18.0. The van der Waals surface area contributed by atoms with Gasteiger partial charge < -0.3 is 15.0 Å². The molecular weight excluding hydrogens is 465 g/mol. The van der Waals surface area contributed by atoms with Crippen LogP contribution in [-0.4, -0.2) is 57.3 Å².